The maximum atomic E-state index is 12.4. The molecule has 1 aliphatic rings. The van der Waals surface area contributed by atoms with Crippen LogP contribution in [0.4, 0.5) is 5.69 Å². The molecule has 2 rings (SSSR count). The standard InChI is InChI=1S/C14H19ClN2O5S/c1-21-13-4-3-11(15)9-12(13)17(23(2,19)20)10-14(18)16-5-7-22-8-6-16/h3-4,9H,5-8,10H2,1-2H3. The lowest BCUT2D eigenvalue weighted by molar-refractivity contribution is -0.133. The zero-order valence-corrected chi connectivity index (χ0v) is 14.6. The fourth-order valence-corrected chi connectivity index (χ4v) is 3.29. The molecule has 0 saturated carbocycles. The van der Waals surface area contributed by atoms with Crippen molar-refractivity contribution < 1.29 is 22.7 Å². The van der Waals surface area contributed by atoms with Gasteiger partial charge in [0, 0.05) is 18.1 Å². The molecule has 1 saturated heterocycles. The van der Waals surface area contributed by atoms with Crippen molar-refractivity contribution >= 4 is 33.2 Å². The second kappa shape index (κ2) is 7.37. The van der Waals surface area contributed by atoms with E-state index in [0.29, 0.717) is 37.1 Å². The number of ether oxygens (including phenoxy) is 2. The minimum Gasteiger partial charge on any atom is -0.495 e. The Labute approximate surface area is 140 Å². The molecule has 9 heteroatoms. The van der Waals surface area contributed by atoms with Crippen molar-refractivity contribution in [3.8, 4) is 5.75 Å². The summed E-state index contributed by atoms with van der Waals surface area (Å²) in [4.78, 5) is 14.0. The summed E-state index contributed by atoms with van der Waals surface area (Å²) in [7, 11) is -2.26. The highest BCUT2D eigenvalue weighted by atomic mass is 35.5. The Morgan fingerprint density at radius 1 is 1.39 bits per heavy atom. The molecule has 1 aromatic rings. The maximum absolute atomic E-state index is 12.4. The van der Waals surface area contributed by atoms with Crippen LogP contribution in [0.1, 0.15) is 0 Å². The molecule has 1 aliphatic heterocycles. The van der Waals surface area contributed by atoms with Gasteiger partial charge in [-0.15, -0.1) is 0 Å². The zero-order valence-electron chi connectivity index (χ0n) is 13.0. The van der Waals surface area contributed by atoms with Gasteiger partial charge in [-0.05, 0) is 18.2 Å². The molecular weight excluding hydrogens is 344 g/mol. The Kier molecular flexibility index (Phi) is 5.72. The molecule has 7 nitrogen and oxygen atoms in total. The lowest BCUT2D eigenvalue weighted by Gasteiger charge is -2.30. The summed E-state index contributed by atoms with van der Waals surface area (Å²) < 4.78 is 35.7. The number of hydrogen-bond donors (Lipinski definition) is 0. The van der Waals surface area contributed by atoms with Gasteiger partial charge in [0.15, 0.2) is 0 Å². The maximum Gasteiger partial charge on any atom is 0.243 e. The van der Waals surface area contributed by atoms with Gasteiger partial charge in [0.1, 0.15) is 12.3 Å². The first-order valence-corrected chi connectivity index (χ1v) is 9.22. The third-order valence-corrected chi connectivity index (χ3v) is 4.81. The number of methoxy groups -OCH3 is 1. The number of halogens is 1. The van der Waals surface area contributed by atoms with Crippen LogP contribution in [-0.4, -0.2) is 65.4 Å². The van der Waals surface area contributed by atoms with Crippen molar-refractivity contribution in [3.63, 3.8) is 0 Å². The lowest BCUT2D eigenvalue weighted by atomic mass is 10.3. The van der Waals surface area contributed by atoms with Gasteiger partial charge in [-0.1, -0.05) is 11.6 Å². The van der Waals surface area contributed by atoms with Crippen molar-refractivity contribution in [1.29, 1.82) is 0 Å². The third kappa shape index (κ3) is 4.49. The van der Waals surface area contributed by atoms with E-state index < -0.39 is 10.0 Å². The van der Waals surface area contributed by atoms with Gasteiger partial charge in [0.05, 0.1) is 32.3 Å². The number of anilines is 1. The molecule has 0 N–H and O–H groups in total. The van der Waals surface area contributed by atoms with Crippen LogP contribution in [0.15, 0.2) is 18.2 Å². The van der Waals surface area contributed by atoms with E-state index in [4.69, 9.17) is 21.1 Å². The summed E-state index contributed by atoms with van der Waals surface area (Å²) in [5, 5.41) is 0.355. The average Bonchev–Trinajstić information content (AvgIpc) is 2.52. The summed E-state index contributed by atoms with van der Waals surface area (Å²) in [6.45, 7) is 1.48. The Balaban J connectivity index is 2.31. The van der Waals surface area contributed by atoms with Crippen LogP contribution < -0.4 is 9.04 Å². The zero-order chi connectivity index (χ0) is 17.0. The molecule has 1 heterocycles. The topological polar surface area (TPSA) is 76.2 Å². The molecule has 1 aromatic carbocycles. The van der Waals surface area contributed by atoms with Gasteiger partial charge < -0.3 is 14.4 Å². The van der Waals surface area contributed by atoms with E-state index in [2.05, 4.69) is 0 Å². The van der Waals surface area contributed by atoms with Crippen molar-refractivity contribution in [1.82, 2.24) is 4.90 Å². The van der Waals surface area contributed by atoms with Gasteiger partial charge >= 0.3 is 0 Å². The van der Waals surface area contributed by atoms with Crippen LogP contribution >= 0.6 is 11.6 Å². The number of nitrogens with zero attached hydrogens (tertiary/aromatic N) is 2. The highest BCUT2D eigenvalue weighted by molar-refractivity contribution is 7.92. The normalized spacial score (nSPS) is 15.3. The summed E-state index contributed by atoms with van der Waals surface area (Å²) in [5.74, 6) is 0.0374. The Hall–Kier alpha value is -1.51. The molecule has 1 fully saturated rings. The number of sulfonamides is 1. The summed E-state index contributed by atoms with van der Waals surface area (Å²) in [6, 6.07) is 4.62. The molecule has 0 aliphatic carbocycles. The molecule has 1 amide bonds. The van der Waals surface area contributed by atoms with Gasteiger partial charge in [0.25, 0.3) is 0 Å². The fourth-order valence-electron chi connectivity index (χ4n) is 2.27. The van der Waals surface area contributed by atoms with E-state index in [0.717, 1.165) is 10.6 Å². The molecule has 0 radical (unpaired) electrons. The highest BCUT2D eigenvalue weighted by Gasteiger charge is 2.27. The quantitative estimate of drug-likeness (QED) is 0.780. The first-order chi connectivity index (χ1) is 10.8. The number of hydrogen-bond acceptors (Lipinski definition) is 5. The summed E-state index contributed by atoms with van der Waals surface area (Å²) in [5.41, 5.74) is 0.240. The van der Waals surface area contributed by atoms with Crippen LogP contribution in [0.25, 0.3) is 0 Å². The lowest BCUT2D eigenvalue weighted by Crippen LogP contribution is -2.47. The SMILES string of the molecule is COc1ccc(Cl)cc1N(CC(=O)N1CCOCC1)S(C)(=O)=O. The van der Waals surface area contributed by atoms with E-state index in [1.165, 1.54) is 13.2 Å². The number of rotatable bonds is 5. The van der Waals surface area contributed by atoms with E-state index >= 15 is 0 Å². The van der Waals surface area contributed by atoms with Crippen LogP contribution in [0, 0.1) is 0 Å². The Bertz CT molecular complexity index is 674. The number of carbonyl (C=O) groups excluding carboxylic acids is 1. The molecule has 0 aromatic heterocycles. The Morgan fingerprint density at radius 2 is 2.04 bits per heavy atom. The van der Waals surface area contributed by atoms with Crippen LogP contribution in [0.3, 0.4) is 0 Å². The minimum absolute atomic E-state index is 0.240. The first-order valence-electron chi connectivity index (χ1n) is 6.99. The molecule has 23 heavy (non-hydrogen) atoms. The predicted octanol–water partition coefficient (Wildman–Crippen LogP) is 0.973. The van der Waals surface area contributed by atoms with Gasteiger partial charge in [-0.3, -0.25) is 9.10 Å². The largest absolute Gasteiger partial charge is 0.495 e. The number of amides is 1. The summed E-state index contributed by atoms with van der Waals surface area (Å²) >= 11 is 5.96. The average molecular weight is 363 g/mol. The second-order valence-electron chi connectivity index (χ2n) is 5.08. The highest BCUT2D eigenvalue weighted by Crippen LogP contribution is 2.32. The molecule has 0 unspecified atom stereocenters. The van der Waals surface area contributed by atoms with E-state index in [1.807, 2.05) is 0 Å². The second-order valence-corrected chi connectivity index (χ2v) is 7.42. The Morgan fingerprint density at radius 3 is 2.61 bits per heavy atom. The molecule has 128 valence electrons. The van der Waals surface area contributed by atoms with Gasteiger partial charge in [-0.2, -0.15) is 0 Å². The minimum atomic E-state index is -3.69. The van der Waals surface area contributed by atoms with E-state index in [1.54, 1.807) is 17.0 Å². The van der Waals surface area contributed by atoms with Crippen LogP contribution in [0.2, 0.25) is 5.02 Å². The fraction of sp³-hybridized carbons (Fsp3) is 0.500. The van der Waals surface area contributed by atoms with Crippen LogP contribution in [0.5, 0.6) is 5.75 Å². The van der Waals surface area contributed by atoms with Crippen molar-refractivity contribution in [2.45, 2.75) is 0 Å². The smallest absolute Gasteiger partial charge is 0.243 e. The molecule has 0 spiro atoms. The summed E-state index contributed by atoms with van der Waals surface area (Å²) in [6.07, 6.45) is 1.04. The number of carbonyl (C=O) groups is 1. The molecular formula is C14H19ClN2O5S. The monoisotopic (exact) mass is 362 g/mol. The van der Waals surface area contributed by atoms with E-state index in [9.17, 15) is 13.2 Å². The van der Waals surface area contributed by atoms with Crippen LogP contribution in [-0.2, 0) is 19.6 Å². The third-order valence-electron chi connectivity index (χ3n) is 3.45. The van der Waals surface area contributed by atoms with Gasteiger partial charge in [0.2, 0.25) is 15.9 Å². The number of morpholine rings is 1. The number of benzene rings is 1. The molecule has 0 bridgehead atoms. The van der Waals surface area contributed by atoms with Crippen molar-refractivity contribution in [2.24, 2.45) is 0 Å². The van der Waals surface area contributed by atoms with Gasteiger partial charge in [-0.25, -0.2) is 8.42 Å². The van der Waals surface area contributed by atoms with E-state index in [-0.39, 0.29) is 18.1 Å². The van der Waals surface area contributed by atoms with Crippen molar-refractivity contribution in [3.05, 3.63) is 23.2 Å². The van der Waals surface area contributed by atoms with Crippen molar-refractivity contribution in [2.75, 3.05) is 50.5 Å². The predicted molar refractivity (Wildman–Crippen MR) is 87.6 cm³/mol. The first kappa shape index (κ1) is 17.8. The molecule has 0 atom stereocenters.